The summed E-state index contributed by atoms with van der Waals surface area (Å²) in [7, 11) is 0. The Balaban J connectivity index is 1.63. The maximum absolute atomic E-state index is 14.7. The normalized spacial score (nSPS) is 11.3. The first-order valence-electron chi connectivity index (χ1n) is 9.71. The predicted octanol–water partition coefficient (Wildman–Crippen LogP) is 3.79. The van der Waals surface area contributed by atoms with Crippen LogP contribution in [0.4, 0.5) is 19.0 Å². The second-order valence-corrected chi connectivity index (χ2v) is 7.41. The highest BCUT2D eigenvalue weighted by Gasteiger charge is 2.33. The zero-order valence-electron chi connectivity index (χ0n) is 16.9. The Bertz CT molecular complexity index is 1080. The smallest absolute Gasteiger partial charge is 0.306 e. The summed E-state index contributed by atoms with van der Waals surface area (Å²) < 4.78 is 43.3. The number of aromatic nitrogens is 2. The van der Waals surface area contributed by atoms with E-state index in [0.717, 1.165) is 11.1 Å². The quantitative estimate of drug-likeness (QED) is 0.449. The highest BCUT2D eigenvalue weighted by Crippen LogP contribution is 2.27. The van der Waals surface area contributed by atoms with Gasteiger partial charge in [-0.1, -0.05) is 23.7 Å². The van der Waals surface area contributed by atoms with Crippen LogP contribution in [0.5, 0.6) is 0 Å². The summed E-state index contributed by atoms with van der Waals surface area (Å²) in [4.78, 5) is 19.7. The minimum Gasteiger partial charge on any atom is -0.361 e. The first-order chi connectivity index (χ1) is 15.3. The molecule has 3 aromatic rings. The standard InChI is InChI=1S/C22H21ClF3N5O/c23-17-5-4-15(11-27)16(9-17)12-30-19(32)10-14-6-8-29-21(20(14)24)31-13-22(25,26)18-3-1-2-7-28-18/h1-9H,10-13,27H2,(H,29,31)(H,30,32). The topological polar surface area (TPSA) is 92.9 Å². The van der Waals surface area contributed by atoms with E-state index < -0.39 is 29.9 Å². The van der Waals surface area contributed by atoms with Crippen LogP contribution in [0.3, 0.4) is 0 Å². The van der Waals surface area contributed by atoms with Crippen molar-refractivity contribution in [3.63, 3.8) is 0 Å². The molecule has 1 aromatic carbocycles. The number of hydrogen-bond donors (Lipinski definition) is 3. The molecule has 1 amide bonds. The minimum absolute atomic E-state index is 0.0197. The molecule has 0 saturated heterocycles. The lowest BCUT2D eigenvalue weighted by atomic mass is 10.1. The summed E-state index contributed by atoms with van der Waals surface area (Å²) in [5.74, 6) is -5.03. The highest BCUT2D eigenvalue weighted by molar-refractivity contribution is 6.30. The van der Waals surface area contributed by atoms with Gasteiger partial charge in [-0.2, -0.15) is 8.78 Å². The fraction of sp³-hybridized carbons (Fsp3) is 0.227. The van der Waals surface area contributed by atoms with E-state index in [9.17, 15) is 18.0 Å². The van der Waals surface area contributed by atoms with Gasteiger partial charge in [-0.25, -0.2) is 9.37 Å². The highest BCUT2D eigenvalue weighted by atomic mass is 35.5. The number of carbonyl (C=O) groups is 1. The number of nitrogens with two attached hydrogens (primary N) is 1. The van der Waals surface area contributed by atoms with Crippen molar-refractivity contribution in [2.24, 2.45) is 5.73 Å². The van der Waals surface area contributed by atoms with E-state index in [1.807, 2.05) is 0 Å². The summed E-state index contributed by atoms with van der Waals surface area (Å²) in [5.41, 5.74) is 6.84. The van der Waals surface area contributed by atoms with Crippen LogP contribution in [-0.4, -0.2) is 22.4 Å². The van der Waals surface area contributed by atoms with Gasteiger partial charge in [0.1, 0.15) is 5.69 Å². The Morgan fingerprint density at radius 3 is 2.59 bits per heavy atom. The lowest BCUT2D eigenvalue weighted by molar-refractivity contribution is -0.120. The van der Waals surface area contributed by atoms with Gasteiger partial charge in [0.25, 0.3) is 0 Å². The molecule has 0 spiro atoms. The largest absolute Gasteiger partial charge is 0.361 e. The predicted molar refractivity (Wildman–Crippen MR) is 116 cm³/mol. The van der Waals surface area contributed by atoms with E-state index in [1.54, 1.807) is 18.2 Å². The molecular weight excluding hydrogens is 443 g/mol. The molecule has 0 bridgehead atoms. The van der Waals surface area contributed by atoms with Crippen LogP contribution in [0, 0.1) is 5.82 Å². The third-order valence-corrected chi connectivity index (χ3v) is 4.94. The second kappa shape index (κ2) is 10.4. The van der Waals surface area contributed by atoms with Crippen LogP contribution in [-0.2, 0) is 30.2 Å². The minimum atomic E-state index is -3.33. The summed E-state index contributed by atoms with van der Waals surface area (Å²) in [6, 6.07) is 10.6. The monoisotopic (exact) mass is 463 g/mol. The number of nitrogens with zero attached hydrogens (tertiary/aromatic N) is 2. The molecule has 0 aliphatic rings. The summed E-state index contributed by atoms with van der Waals surface area (Å²) in [6.45, 7) is -0.459. The van der Waals surface area contributed by atoms with Gasteiger partial charge in [-0.3, -0.25) is 9.78 Å². The first kappa shape index (κ1) is 23.5. The van der Waals surface area contributed by atoms with Crippen LogP contribution in [0.2, 0.25) is 5.02 Å². The Morgan fingerprint density at radius 2 is 1.88 bits per heavy atom. The van der Waals surface area contributed by atoms with Crippen molar-refractivity contribution in [2.45, 2.75) is 25.4 Å². The SMILES string of the molecule is NCc1ccc(Cl)cc1CNC(=O)Cc1ccnc(NCC(F)(F)c2ccccn2)c1F. The van der Waals surface area contributed by atoms with Crippen LogP contribution < -0.4 is 16.4 Å². The average Bonchev–Trinajstić information content (AvgIpc) is 2.79. The third kappa shape index (κ3) is 5.95. The number of nitrogens with one attached hydrogen (secondary N) is 2. The number of halogens is 4. The van der Waals surface area contributed by atoms with Crippen molar-refractivity contribution in [1.82, 2.24) is 15.3 Å². The fourth-order valence-corrected chi connectivity index (χ4v) is 3.19. The lowest BCUT2D eigenvalue weighted by Crippen LogP contribution is -2.27. The molecular formula is C22H21ClF3N5O. The summed E-state index contributed by atoms with van der Waals surface area (Å²) >= 11 is 5.98. The molecule has 0 aliphatic heterocycles. The number of alkyl halides is 2. The van der Waals surface area contributed by atoms with E-state index in [4.69, 9.17) is 17.3 Å². The molecule has 0 unspecified atom stereocenters. The Labute approximate surface area is 188 Å². The van der Waals surface area contributed by atoms with Gasteiger partial charge in [-0.15, -0.1) is 0 Å². The fourth-order valence-electron chi connectivity index (χ4n) is 3.00. The summed E-state index contributed by atoms with van der Waals surface area (Å²) in [5, 5.41) is 5.50. The van der Waals surface area contributed by atoms with Gasteiger partial charge in [0.15, 0.2) is 11.6 Å². The molecule has 6 nitrogen and oxygen atoms in total. The van der Waals surface area contributed by atoms with Crippen molar-refractivity contribution in [1.29, 1.82) is 0 Å². The average molecular weight is 464 g/mol. The molecule has 2 heterocycles. The van der Waals surface area contributed by atoms with E-state index in [0.29, 0.717) is 5.02 Å². The molecule has 4 N–H and O–H groups in total. The van der Waals surface area contributed by atoms with Crippen molar-refractivity contribution in [2.75, 3.05) is 11.9 Å². The molecule has 0 atom stereocenters. The van der Waals surface area contributed by atoms with Crippen LogP contribution in [0.25, 0.3) is 0 Å². The van der Waals surface area contributed by atoms with E-state index in [1.165, 1.54) is 36.7 Å². The zero-order valence-corrected chi connectivity index (χ0v) is 17.7. The van der Waals surface area contributed by atoms with Gasteiger partial charge >= 0.3 is 5.92 Å². The number of anilines is 1. The van der Waals surface area contributed by atoms with Gasteiger partial charge in [0.05, 0.1) is 13.0 Å². The van der Waals surface area contributed by atoms with Crippen molar-refractivity contribution >= 4 is 23.3 Å². The van der Waals surface area contributed by atoms with E-state index >= 15 is 0 Å². The number of benzene rings is 1. The number of hydrogen-bond acceptors (Lipinski definition) is 5. The van der Waals surface area contributed by atoms with Crippen molar-refractivity contribution < 1.29 is 18.0 Å². The van der Waals surface area contributed by atoms with Crippen LogP contribution in [0.15, 0.2) is 54.9 Å². The van der Waals surface area contributed by atoms with Crippen LogP contribution in [0.1, 0.15) is 22.4 Å². The molecule has 0 saturated carbocycles. The zero-order chi connectivity index (χ0) is 23.1. The van der Waals surface area contributed by atoms with Crippen LogP contribution >= 0.6 is 11.6 Å². The molecule has 3 rings (SSSR count). The maximum Gasteiger partial charge on any atom is 0.306 e. The Kier molecular flexibility index (Phi) is 7.66. The molecule has 168 valence electrons. The molecule has 0 aliphatic carbocycles. The Morgan fingerprint density at radius 1 is 1.06 bits per heavy atom. The Hall–Kier alpha value is -3.17. The number of carbonyl (C=O) groups excluding carboxylic acids is 1. The van der Waals surface area contributed by atoms with Gasteiger partial charge in [-0.05, 0) is 41.5 Å². The van der Waals surface area contributed by atoms with Crippen molar-refractivity contribution in [3.8, 4) is 0 Å². The lowest BCUT2D eigenvalue weighted by Gasteiger charge is -2.17. The second-order valence-electron chi connectivity index (χ2n) is 6.98. The van der Waals surface area contributed by atoms with E-state index in [-0.39, 0.29) is 30.9 Å². The molecule has 0 radical (unpaired) electrons. The van der Waals surface area contributed by atoms with Gasteiger partial charge in [0, 0.05) is 36.1 Å². The van der Waals surface area contributed by atoms with Crippen molar-refractivity contribution in [3.05, 3.63) is 88.1 Å². The molecule has 0 fully saturated rings. The first-order valence-corrected chi connectivity index (χ1v) is 10.1. The number of pyridine rings is 2. The number of amides is 1. The van der Waals surface area contributed by atoms with E-state index in [2.05, 4.69) is 20.6 Å². The van der Waals surface area contributed by atoms with Gasteiger partial charge < -0.3 is 16.4 Å². The van der Waals surface area contributed by atoms with Gasteiger partial charge in [0.2, 0.25) is 5.91 Å². The number of rotatable bonds is 9. The summed E-state index contributed by atoms with van der Waals surface area (Å²) in [6.07, 6.45) is 2.20. The molecule has 2 aromatic heterocycles. The molecule has 10 heteroatoms. The maximum atomic E-state index is 14.7. The third-order valence-electron chi connectivity index (χ3n) is 4.70. The molecule has 32 heavy (non-hydrogen) atoms.